The minimum absolute atomic E-state index is 0.228. The predicted octanol–water partition coefficient (Wildman–Crippen LogP) is 1.48. The highest BCUT2D eigenvalue weighted by Gasteiger charge is 2.28. The second-order valence-electron chi connectivity index (χ2n) is 3.84. The van der Waals surface area contributed by atoms with Crippen LogP contribution in [-0.2, 0) is 6.42 Å². The van der Waals surface area contributed by atoms with Gasteiger partial charge in [0.2, 0.25) is 0 Å². The molecule has 1 heterocycles. The van der Waals surface area contributed by atoms with E-state index in [-0.39, 0.29) is 5.82 Å². The van der Waals surface area contributed by atoms with Crippen molar-refractivity contribution >= 4 is 0 Å². The van der Waals surface area contributed by atoms with Crippen molar-refractivity contribution in [2.75, 3.05) is 6.61 Å². The summed E-state index contributed by atoms with van der Waals surface area (Å²) in [7, 11) is 0. The van der Waals surface area contributed by atoms with Crippen molar-refractivity contribution in [2.24, 2.45) is 5.73 Å². The molecule has 1 aromatic carbocycles. The maximum Gasteiger partial charge on any atom is 0.130 e. The summed E-state index contributed by atoms with van der Waals surface area (Å²) in [5, 5.41) is 0. The van der Waals surface area contributed by atoms with E-state index in [1.807, 2.05) is 6.92 Å². The normalized spacial score (nSPS) is 26.4. The summed E-state index contributed by atoms with van der Waals surface area (Å²) in [6.07, 6.45) is 0.537. The molecule has 13 heavy (non-hydrogen) atoms. The summed E-state index contributed by atoms with van der Waals surface area (Å²) in [5.41, 5.74) is 6.02. The smallest absolute Gasteiger partial charge is 0.130 e. The Morgan fingerprint density at radius 2 is 2.31 bits per heavy atom. The zero-order valence-electron chi connectivity index (χ0n) is 7.51. The maximum atomic E-state index is 13.3. The van der Waals surface area contributed by atoms with Gasteiger partial charge in [0.25, 0.3) is 0 Å². The third kappa shape index (κ3) is 1.52. The molecule has 0 fully saturated rings. The average molecular weight is 181 g/mol. The zero-order valence-corrected chi connectivity index (χ0v) is 7.51. The number of nitrogens with two attached hydrogens (primary N) is 1. The van der Waals surface area contributed by atoms with E-state index < -0.39 is 5.54 Å². The lowest BCUT2D eigenvalue weighted by Crippen LogP contribution is -2.47. The van der Waals surface area contributed by atoms with Crippen LogP contribution in [0.5, 0.6) is 5.75 Å². The van der Waals surface area contributed by atoms with Gasteiger partial charge in [-0.3, -0.25) is 0 Å². The minimum Gasteiger partial charge on any atom is -0.491 e. The van der Waals surface area contributed by atoms with E-state index in [1.165, 1.54) is 6.07 Å². The molecule has 0 saturated heterocycles. The molecule has 1 aliphatic heterocycles. The Morgan fingerprint density at radius 1 is 1.54 bits per heavy atom. The van der Waals surface area contributed by atoms with Crippen LogP contribution in [0.25, 0.3) is 0 Å². The molecule has 0 bridgehead atoms. The van der Waals surface area contributed by atoms with Gasteiger partial charge in [-0.1, -0.05) is 6.07 Å². The van der Waals surface area contributed by atoms with Crippen molar-refractivity contribution in [1.82, 2.24) is 0 Å². The van der Waals surface area contributed by atoms with E-state index in [4.69, 9.17) is 10.5 Å². The van der Waals surface area contributed by atoms with Crippen LogP contribution in [-0.4, -0.2) is 12.1 Å². The summed E-state index contributed by atoms with van der Waals surface area (Å²) >= 11 is 0. The van der Waals surface area contributed by atoms with Gasteiger partial charge >= 0.3 is 0 Å². The molecule has 0 aliphatic carbocycles. The van der Waals surface area contributed by atoms with Gasteiger partial charge in [-0.15, -0.1) is 0 Å². The number of benzene rings is 1. The lowest BCUT2D eigenvalue weighted by atomic mass is 9.92. The van der Waals surface area contributed by atoms with Gasteiger partial charge in [0.1, 0.15) is 18.2 Å². The van der Waals surface area contributed by atoms with Crippen molar-refractivity contribution in [3.63, 3.8) is 0 Å². The van der Waals surface area contributed by atoms with Crippen molar-refractivity contribution in [3.8, 4) is 5.75 Å². The number of fused-ring (bicyclic) bond motifs is 1. The number of rotatable bonds is 0. The largest absolute Gasteiger partial charge is 0.491 e. The molecule has 0 saturated carbocycles. The molecule has 0 amide bonds. The second-order valence-corrected chi connectivity index (χ2v) is 3.84. The first-order valence-corrected chi connectivity index (χ1v) is 4.28. The first kappa shape index (κ1) is 8.51. The fourth-order valence-corrected chi connectivity index (χ4v) is 1.54. The van der Waals surface area contributed by atoms with E-state index in [9.17, 15) is 4.39 Å². The van der Waals surface area contributed by atoms with E-state index >= 15 is 0 Å². The third-order valence-corrected chi connectivity index (χ3v) is 2.21. The number of halogens is 1. The Hall–Kier alpha value is -1.09. The van der Waals surface area contributed by atoms with Crippen LogP contribution < -0.4 is 10.5 Å². The molecule has 0 spiro atoms. The summed E-state index contributed by atoms with van der Waals surface area (Å²) in [6, 6.07) is 4.85. The van der Waals surface area contributed by atoms with E-state index in [0.29, 0.717) is 24.3 Å². The SMILES string of the molecule is CC1(N)COc2cccc(F)c2C1. The van der Waals surface area contributed by atoms with Gasteiger partial charge in [-0.25, -0.2) is 4.39 Å². The minimum atomic E-state index is -0.449. The van der Waals surface area contributed by atoms with Gasteiger partial charge in [0, 0.05) is 5.56 Å². The van der Waals surface area contributed by atoms with Gasteiger partial charge in [0.15, 0.2) is 0 Å². The van der Waals surface area contributed by atoms with Gasteiger partial charge in [-0.05, 0) is 25.5 Å². The van der Waals surface area contributed by atoms with Gasteiger partial charge in [-0.2, -0.15) is 0 Å². The number of hydrogen-bond donors (Lipinski definition) is 1. The monoisotopic (exact) mass is 181 g/mol. The van der Waals surface area contributed by atoms with Crippen molar-refractivity contribution < 1.29 is 9.13 Å². The van der Waals surface area contributed by atoms with Crippen LogP contribution >= 0.6 is 0 Å². The topological polar surface area (TPSA) is 35.2 Å². The molecule has 3 heteroatoms. The summed E-state index contributed by atoms with van der Waals surface area (Å²) in [6.45, 7) is 2.31. The molecule has 1 atom stereocenters. The fraction of sp³-hybridized carbons (Fsp3) is 0.400. The van der Waals surface area contributed by atoms with Crippen LogP contribution in [0.15, 0.2) is 18.2 Å². The lowest BCUT2D eigenvalue weighted by molar-refractivity contribution is 0.201. The molecule has 1 unspecified atom stereocenters. The maximum absolute atomic E-state index is 13.3. The Bertz CT molecular complexity index is 336. The van der Waals surface area contributed by atoms with Crippen molar-refractivity contribution in [3.05, 3.63) is 29.6 Å². The Kier molecular flexibility index (Phi) is 1.77. The standard InChI is InChI=1S/C10H12FNO/c1-10(12)5-7-8(11)3-2-4-9(7)13-6-10/h2-4H,5-6,12H2,1H3. The average Bonchev–Trinajstić information content (AvgIpc) is 2.06. The molecule has 2 N–H and O–H groups in total. The first-order valence-electron chi connectivity index (χ1n) is 4.28. The highest BCUT2D eigenvalue weighted by atomic mass is 19.1. The van der Waals surface area contributed by atoms with Crippen LogP contribution in [0.3, 0.4) is 0 Å². The molecule has 0 aromatic heterocycles. The molecule has 70 valence electrons. The molecule has 1 aromatic rings. The molecular formula is C10H12FNO. The van der Waals surface area contributed by atoms with E-state index in [0.717, 1.165) is 0 Å². The van der Waals surface area contributed by atoms with E-state index in [2.05, 4.69) is 0 Å². The second kappa shape index (κ2) is 2.70. The van der Waals surface area contributed by atoms with Crippen molar-refractivity contribution in [1.29, 1.82) is 0 Å². The first-order chi connectivity index (χ1) is 6.08. The highest BCUT2D eigenvalue weighted by molar-refractivity contribution is 5.37. The van der Waals surface area contributed by atoms with Crippen LogP contribution in [0.2, 0.25) is 0 Å². The molecule has 2 nitrogen and oxygen atoms in total. The van der Waals surface area contributed by atoms with Crippen LogP contribution in [0.4, 0.5) is 4.39 Å². The fourth-order valence-electron chi connectivity index (χ4n) is 1.54. The Morgan fingerprint density at radius 3 is 3.08 bits per heavy atom. The summed E-state index contributed by atoms with van der Waals surface area (Å²) in [5.74, 6) is 0.400. The molecule has 1 aliphatic rings. The van der Waals surface area contributed by atoms with Crippen LogP contribution in [0, 0.1) is 5.82 Å². The molecule has 0 radical (unpaired) electrons. The van der Waals surface area contributed by atoms with Crippen molar-refractivity contribution in [2.45, 2.75) is 18.9 Å². The lowest BCUT2D eigenvalue weighted by Gasteiger charge is -2.31. The molecular weight excluding hydrogens is 169 g/mol. The summed E-state index contributed by atoms with van der Waals surface area (Å²) < 4.78 is 18.6. The van der Waals surface area contributed by atoms with Crippen LogP contribution in [0.1, 0.15) is 12.5 Å². The van der Waals surface area contributed by atoms with E-state index in [1.54, 1.807) is 12.1 Å². The quantitative estimate of drug-likeness (QED) is 0.658. The predicted molar refractivity (Wildman–Crippen MR) is 48.2 cm³/mol. The highest BCUT2D eigenvalue weighted by Crippen LogP contribution is 2.29. The van der Waals surface area contributed by atoms with Gasteiger partial charge in [0.05, 0.1) is 5.54 Å². The number of hydrogen-bond acceptors (Lipinski definition) is 2. The Balaban J connectivity index is 2.44. The zero-order chi connectivity index (χ0) is 9.47. The van der Waals surface area contributed by atoms with Gasteiger partial charge < -0.3 is 10.5 Å². The summed E-state index contributed by atoms with van der Waals surface area (Å²) in [4.78, 5) is 0. The molecule has 2 rings (SSSR count). The Labute approximate surface area is 76.5 Å². The number of ether oxygens (including phenoxy) is 1. The third-order valence-electron chi connectivity index (χ3n) is 2.21.